The molecule has 0 saturated carbocycles. The predicted molar refractivity (Wildman–Crippen MR) is 116 cm³/mol. The summed E-state index contributed by atoms with van der Waals surface area (Å²) >= 11 is 0. The molecule has 1 aliphatic carbocycles. The van der Waals surface area contributed by atoms with Gasteiger partial charge in [0.1, 0.15) is 0 Å². The SMILES string of the molecule is COc1cc2c(cc1OC)CC(N[C@@H](C)C(=O)NC(=O)[C@@H](N)CC(C)C)CC2.Cl. The van der Waals surface area contributed by atoms with Gasteiger partial charge in [-0.25, -0.2) is 0 Å². The Balaban J connectivity index is 0.00000420. The molecule has 0 saturated heterocycles. The van der Waals surface area contributed by atoms with Crippen LogP contribution in [0.25, 0.3) is 0 Å². The monoisotopic (exact) mass is 427 g/mol. The number of hydrogen-bond acceptors (Lipinski definition) is 6. The van der Waals surface area contributed by atoms with Crippen molar-refractivity contribution in [3.05, 3.63) is 23.3 Å². The maximum Gasteiger partial charge on any atom is 0.243 e. The highest BCUT2D eigenvalue weighted by atomic mass is 35.5. The van der Waals surface area contributed by atoms with Crippen LogP contribution < -0.4 is 25.8 Å². The Morgan fingerprint density at radius 1 is 1.10 bits per heavy atom. The van der Waals surface area contributed by atoms with Crippen LogP contribution in [0.2, 0.25) is 0 Å². The van der Waals surface area contributed by atoms with Crippen LogP contribution in [0.5, 0.6) is 11.5 Å². The number of benzene rings is 1. The Labute approximate surface area is 179 Å². The second kappa shape index (κ2) is 11.4. The van der Waals surface area contributed by atoms with Gasteiger partial charge in [-0.3, -0.25) is 14.9 Å². The average molecular weight is 428 g/mol. The van der Waals surface area contributed by atoms with Crippen molar-refractivity contribution in [3.63, 3.8) is 0 Å². The highest BCUT2D eigenvalue weighted by molar-refractivity contribution is 5.99. The van der Waals surface area contributed by atoms with E-state index in [1.54, 1.807) is 21.1 Å². The summed E-state index contributed by atoms with van der Waals surface area (Å²) < 4.78 is 10.8. The fourth-order valence-corrected chi connectivity index (χ4v) is 3.59. The largest absolute Gasteiger partial charge is 0.493 e. The minimum absolute atomic E-state index is 0. The van der Waals surface area contributed by atoms with E-state index >= 15 is 0 Å². The highest BCUT2D eigenvalue weighted by Crippen LogP contribution is 2.34. The molecule has 3 atom stereocenters. The van der Waals surface area contributed by atoms with Crippen molar-refractivity contribution in [2.45, 2.75) is 64.6 Å². The first kappa shape index (κ1) is 25.2. The van der Waals surface area contributed by atoms with Crippen molar-refractivity contribution >= 4 is 24.2 Å². The molecular weight excluding hydrogens is 394 g/mol. The number of methoxy groups -OCH3 is 2. The number of amides is 2. The summed E-state index contributed by atoms with van der Waals surface area (Å²) in [5.74, 6) is 0.971. The summed E-state index contributed by atoms with van der Waals surface area (Å²) in [6.45, 7) is 5.75. The van der Waals surface area contributed by atoms with Crippen LogP contribution in [0.3, 0.4) is 0 Å². The van der Waals surface area contributed by atoms with Crippen LogP contribution in [0, 0.1) is 5.92 Å². The minimum atomic E-state index is -0.667. The number of imide groups is 1. The third kappa shape index (κ3) is 6.87. The number of nitrogens with two attached hydrogens (primary N) is 1. The van der Waals surface area contributed by atoms with Crippen LogP contribution >= 0.6 is 12.4 Å². The van der Waals surface area contributed by atoms with Gasteiger partial charge >= 0.3 is 0 Å². The molecule has 4 N–H and O–H groups in total. The molecule has 0 bridgehead atoms. The van der Waals surface area contributed by atoms with E-state index in [1.807, 2.05) is 26.0 Å². The zero-order chi connectivity index (χ0) is 20.8. The quantitative estimate of drug-likeness (QED) is 0.586. The van der Waals surface area contributed by atoms with Gasteiger partial charge in [0.05, 0.1) is 26.3 Å². The molecule has 7 nitrogen and oxygen atoms in total. The molecule has 0 spiro atoms. The van der Waals surface area contributed by atoms with Crippen molar-refractivity contribution < 1.29 is 19.1 Å². The van der Waals surface area contributed by atoms with Crippen LogP contribution in [0.1, 0.15) is 44.7 Å². The molecule has 1 aromatic rings. The van der Waals surface area contributed by atoms with E-state index in [9.17, 15) is 9.59 Å². The summed E-state index contributed by atoms with van der Waals surface area (Å²) in [5.41, 5.74) is 8.27. The molecule has 0 fully saturated rings. The van der Waals surface area contributed by atoms with Crippen LogP contribution in [-0.2, 0) is 22.4 Å². The smallest absolute Gasteiger partial charge is 0.243 e. The number of carbonyl (C=O) groups excluding carboxylic acids is 2. The summed E-state index contributed by atoms with van der Waals surface area (Å²) in [6, 6.07) is 3.02. The molecule has 164 valence electrons. The maximum atomic E-state index is 12.4. The van der Waals surface area contributed by atoms with Crippen molar-refractivity contribution in [1.29, 1.82) is 0 Å². The zero-order valence-electron chi connectivity index (χ0n) is 17.9. The standard InChI is InChI=1S/C21H33N3O4.ClH/c1-12(2)8-17(22)21(26)24-20(25)13(3)23-16-7-6-14-10-18(27-4)19(28-5)11-15(14)9-16;/h10-13,16-17,23H,6-9,22H2,1-5H3,(H,24,25,26);1H/t13-,16?,17-;/m0./s1. The maximum absolute atomic E-state index is 12.4. The number of carbonyl (C=O) groups is 2. The number of ether oxygens (including phenoxy) is 2. The minimum Gasteiger partial charge on any atom is -0.493 e. The lowest BCUT2D eigenvalue weighted by Crippen LogP contribution is -2.52. The molecule has 0 aromatic heterocycles. The normalized spacial score (nSPS) is 17.6. The number of rotatable bonds is 8. The molecule has 29 heavy (non-hydrogen) atoms. The van der Waals surface area contributed by atoms with Crippen molar-refractivity contribution in [2.24, 2.45) is 11.7 Å². The number of nitrogens with one attached hydrogen (secondary N) is 2. The molecule has 1 aromatic carbocycles. The van der Waals surface area contributed by atoms with Gasteiger partial charge in [-0.15, -0.1) is 12.4 Å². The third-order valence-corrected chi connectivity index (χ3v) is 5.12. The van der Waals surface area contributed by atoms with E-state index < -0.39 is 18.0 Å². The highest BCUT2D eigenvalue weighted by Gasteiger charge is 2.26. The number of fused-ring (bicyclic) bond motifs is 1. The van der Waals surface area contributed by atoms with E-state index in [0.717, 1.165) is 25.0 Å². The van der Waals surface area contributed by atoms with E-state index in [1.165, 1.54) is 11.1 Å². The Morgan fingerprint density at radius 3 is 2.24 bits per heavy atom. The van der Waals surface area contributed by atoms with Crippen LogP contribution in [0.4, 0.5) is 0 Å². The number of halogens is 1. The first-order chi connectivity index (χ1) is 13.2. The molecule has 1 aliphatic rings. The van der Waals surface area contributed by atoms with Gasteiger partial charge in [0, 0.05) is 6.04 Å². The summed E-state index contributed by atoms with van der Waals surface area (Å²) in [4.78, 5) is 24.4. The van der Waals surface area contributed by atoms with Crippen molar-refractivity contribution in [2.75, 3.05) is 14.2 Å². The average Bonchev–Trinajstić information content (AvgIpc) is 2.65. The Hall–Kier alpha value is -1.83. The number of aryl methyl sites for hydroxylation is 1. The fourth-order valence-electron chi connectivity index (χ4n) is 3.59. The van der Waals surface area contributed by atoms with Crippen molar-refractivity contribution in [1.82, 2.24) is 10.6 Å². The van der Waals surface area contributed by atoms with Crippen LogP contribution in [0.15, 0.2) is 12.1 Å². The zero-order valence-corrected chi connectivity index (χ0v) is 18.7. The molecule has 2 amide bonds. The van der Waals surface area contributed by atoms with E-state index in [4.69, 9.17) is 15.2 Å². The van der Waals surface area contributed by atoms with E-state index in [2.05, 4.69) is 10.6 Å². The van der Waals surface area contributed by atoms with Gasteiger partial charge < -0.3 is 20.5 Å². The molecular formula is C21H34ClN3O4. The van der Waals surface area contributed by atoms with E-state index in [0.29, 0.717) is 18.1 Å². The van der Waals surface area contributed by atoms with Gasteiger partial charge in [-0.05, 0) is 61.8 Å². The van der Waals surface area contributed by atoms with Crippen LogP contribution in [-0.4, -0.2) is 44.2 Å². The molecule has 2 rings (SSSR count). The van der Waals surface area contributed by atoms with E-state index in [-0.39, 0.29) is 24.4 Å². The first-order valence-corrected chi connectivity index (χ1v) is 9.85. The molecule has 1 unspecified atom stereocenters. The molecule has 0 heterocycles. The lowest BCUT2D eigenvalue weighted by atomic mass is 9.87. The fraction of sp³-hybridized carbons (Fsp3) is 0.619. The Morgan fingerprint density at radius 2 is 1.69 bits per heavy atom. The molecule has 0 radical (unpaired) electrons. The summed E-state index contributed by atoms with van der Waals surface area (Å²) in [6.07, 6.45) is 3.13. The summed E-state index contributed by atoms with van der Waals surface area (Å²) in [7, 11) is 3.25. The number of hydrogen-bond donors (Lipinski definition) is 3. The molecule has 0 aliphatic heterocycles. The Kier molecular flexibility index (Phi) is 9.89. The first-order valence-electron chi connectivity index (χ1n) is 9.85. The second-order valence-electron chi connectivity index (χ2n) is 7.89. The lowest BCUT2D eigenvalue weighted by Gasteiger charge is -2.29. The van der Waals surface area contributed by atoms with Gasteiger partial charge in [0.25, 0.3) is 0 Å². The topological polar surface area (TPSA) is 103 Å². The van der Waals surface area contributed by atoms with Gasteiger partial charge in [0.2, 0.25) is 11.8 Å². The van der Waals surface area contributed by atoms with Crippen molar-refractivity contribution in [3.8, 4) is 11.5 Å². The predicted octanol–water partition coefficient (Wildman–Crippen LogP) is 1.98. The molecule has 8 heteroatoms. The second-order valence-corrected chi connectivity index (χ2v) is 7.89. The van der Waals surface area contributed by atoms with Gasteiger partial charge in [-0.2, -0.15) is 0 Å². The third-order valence-electron chi connectivity index (χ3n) is 5.12. The summed E-state index contributed by atoms with van der Waals surface area (Å²) in [5, 5.41) is 5.76. The lowest BCUT2D eigenvalue weighted by molar-refractivity contribution is -0.132. The van der Waals surface area contributed by atoms with Gasteiger partial charge in [0.15, 0.2) is 11.5 Å². The van der Waals surface area contributed by atoms with Gasteiger partial charge in [-0.1, -0.05) is 13.8 Å². The Bertz CT molecular complexity index is 711.